The van der Waals surface area contributed by atoms with E-state index in [-0.39, 0.29) is 23.2 Å². The smallest absolute Gasteiger partial charge is 0.266 e. The number of amides is 1. The molecule has 2 heterocycles. The highest BCUT2D eigenvalue weighted by molar-refractivity contribution is 7.13. The summed E-state index contributed by atoms with van der Waals surface area (Å²) >= 11 is 1.45. The number of aromatic nitrogens is 1. The molecule has 0 aliphatic carbocycles. The van der Waals surface area contributed by atoms with Gasteiger partial charge in [0.25, 0.3) is 5.91 Å². The van der Waals surface area contributed by atoms with E-state index in [1.165, 1.54) is 17.4 Å². The predicted octanol–water partition coefficient (Wildman–Crippen LogP) is 4.34. The number of hydrogen-bond acceptors (Lipinski definition) is 3. The first kappa shape index (κ1) is 16.1. The Bertz CT molecular complexity index is 748. The molecule has 122 valence electrons. The second-order valence-electron chi connectivity index (χ2n) is 7.05. The average molecular weight is 332 g/mol. The predicted molar refractivity (Wildman–Crippen MR) is 90.4 cm³/mol. The number of benzene rings is 1. The summed E-state index contributed by atoms with van der Waals surface area (Å²) in [6.07, 6.45) is 2.43. The zero-order valence-electron chi connectivity index (χ0n) is 13.9. The van der Waals surface area contributed by atoms with E-state index in [4.69, 9.17) is 0 Å². The first-order chi connectivity index (χ1) is 10.8. The van der Waals surface area contributed by atoms with Gasteiger partial charge in [-0.1, -0.05) is 26.8 Å². The molecule has 1 aliphatic heterocycles. The van der Waals surface area contributed by atoms with Crippen LogP contribution in [0.25, 0.3) is 0 Å². The van der Waals surface area contributed by atoms with Crippen molar-refractivity contribution in [1.29, 1.82) is 0 Å². The second-order valence-corrected chi connectivity index (χ2v) is 8.08. The fraction of sp³-hybridized carbons (Fsp3) is 0.444. The van der Waals surface area contributed by atoms with Crippen LogP contribution < -0.4 is 0 Å². The van der Waals surface area contributed by atoms with E-state index in [0.29, 0.717) is 11.4 Å². The van der Waals surface area contributed by atoms with E-state index in [1.807, 2.05) is 17.9 Å². The van der Waals surface area contributed by atoms with Crippen LogP contribution >= 0.6 is 11.3 Å². The van der Waals surface area contributed by atoms with Crippen molar-refractivity contribution in [2.75, 3.05) is 6.54 Å². The van der Waals surface area contributed by atoms with Crippen LogP contribution in [0, 0.1) is 5.82 Å². The van der Waals surface area contributed by atoms with Gasteiger partial charge in [0.15, 0.2) is 0 Å². The lowest BCUT2D eigenvalue weighted by molar-refractivity contribution is 0.0682. The number of fused-ring (bicyclic) bond motifs is 1. The fourth-order valence-corrected chi connectivity index (χ4v) is 3.85. The van der Waals surface area contributed by atoms with E-state index < -0.39 is 0 Å². The van der Waals surface area contributed by atoms with Crippen molar-refractivity contribution < 1.29 is 9.18 Å². The summed E-state index contributed by atoms with van der Waals surface area (Å²) in [7, 11) is 0. The number of nitrogens with zero attached hydrogens (tertiary/aromatic N) is 2. The van der Waals surface area contributed by atoms with Crippen LogP contribution in [0.1, 0.15) is 59.5 Å². The molecule has 5 heteroatoms. The summed E-state index contributed by atoms with van der Waals surface area (Å²) in [5.74, 6) is -0.266. The van der Waals surface area contributed by atoms with Crippen molar-refractivity contribution in [2.24, 2.45) is 0 Å². The van der Waals surface area contributed by atoms with Gasteiger partial charge < -0.3 is 4.90 Å². The molecule has 0 N–H and O–H groups in total. The number of carbonyl (C=O) groups is 1. The molecule has 3 nitrogen and oxygen atoms in total. The zero-order chi connectivity index (χ0) is 16.8. The van der Waals surface area contributed by atoms with Gasteiger partial charge in [-0.25, -0.2) is 9.37 Å². The third-order valence-electron chi connectivity index (χ3n) is 4.27. The minimum Gasteiger partial charge on any atom is -0.331 e. The number of thiazole rings is 1. The Labute approximate surface area is 140 Å². The first-order valence-electron chi connectivity index (χ1n) is 7.83. The molecule has 2 aromatic rings. The summed E-state index contributed by atoms with van der Waals surface area (Å²) in [5.41, 5.74) is 1.97. The standard InChI is InChI=1S/C18H21FN2OS/c1-11-14-9-13(19)6-5-12(14)7-8-21(11)16(22)15-10-20-17(23-15)18(2,3)4/h5-6,9-11H,7-8H2,1-4H3. The Balaban J connectivity index is 1.88. The molecular formula is C18H21FN2OS. The zero-order valence-corrected chi connectivity index (χ0v) is 14.7. The maximum absolute atomic E-state index is 13.5. The van der Waals surface area contributed by atoms with Gasteiger partial charge in [0.2, 0.25) is 0 Å². The lowest BCUT2D eigenvalue weighted by atomic mass is 9.93. The number of rotatable bonds is 1. The van der Waals surface area contributed by atoms with Crippen molar-refractivity contribution >= 4 is 17.2 Å². The van der Waals surface area contributed by atoms with Crippen molar-refractivity contribution in [2.45, 2.75) is 45.6 Å². The van der Waals surface area contributed by atoms with Crippen LogP contribution in [0.15, 0.2) is 24.4 Å². The van der Waals surface area contributed by atoms with Gasteiger partial charge in [-0.2, -0.15) is 0 Å². The lowest BCUT2D eigenvalue weighted by Gasteiger charge is -2.35. The van der Waals surface area contributed by atoms with Gasteiger partial charge >= 0.3 is 0 Å². The van der Waals surface area contributed by atoms with Crippen LogP contribution in [0.2, 0.25) is 0 Å². The molecule has 23 heavy (non-hydrogen) atoms. The van der Waals surface area contributed by atoms with Gasteiger partial charge in [-0.3, -0.25) is 4.79 Å². The molecule has 0 saturated carbocycles. The summed E-state index contributed by atoms with van der Waals surface area (Å²) in [4.78, 5) is 19.7. The van der Waals surface area contributed by atoms with Crippen LogP contribution in [0.5, 0.6) is 0 Å². The van der Waals surface area contributed by atoms with E-state index in [2.05, 4.69) is 25.8 Å². The molecule has 1 aliphatic rings. The fourth-order valence-electron chi connectivity index (χ4n) is 2.92. The normalized spacial score (nSPS) is 18.0. The largest absolute Gasteiger partial charge is 0.331 e. The van der Waals surface area contributed by atoms with E-state index in [0.717, 1.165) is 22.6 Å². The highest BCUT2D eigenvalue weighted by Gasteiger charge is 2.30. The molecule has 1 amide bonds. The Morgan fingerprint density at radius 1 is 1.39 bits per heavy atom. The minimum atomic E-state index is -0.252. The van der Waals surface area contributed by atoms with Crippen molar-refractivity contribution in [3.8, 4) is 0 Å². The third kappa shape index (κ3) is 3.02. The quantitative estimate of drug-likeness (QED) is 0.778. The van der Waals surface area contributed by atoms with Crippen LogP contribution in [0.4, 0.5) is 4.39 Å². The van der Waals surface area contributed by atoms with Crippen LogP contribution in [-0.2, 0) is 11.8 Å². The lowest BCUT2D eigenvalue weighted by Crippen LogP contribution is -2.38. The van der Waals surface area contributed by atoms with Crippen molar-refractivity contribution in [1.82, 2.24) is 9.88 Å². The van der Waals surface area contributed by atoms with Crippen LogP contribution in [-0.4, -0.2) is 22.3 Å². The molecule has 0 saturated heterocycles. The molecular weight excluding hydrogens is 311 g/mol. The molecule has 0 spiro atoms. The third-order valence-corrected chi connectivity index (χ3v) is 5.68. The Kier molecular flexibility index (Phi) is 4.00. The van der Waals surface area contributed by atoms with Gasteiger partial charge in [0.1, 0.15) is 10.7 Å². The van der Waals surface area contributed by atoms with Gasteiger partial charge in [0, 0.05) is 12.0 Å². The van der Waals surface area contributed by atoms with Crippen LogP contribution in [0.3, 0.4) is 0 Å². The van der Waals surface area contributed by atoms with Gasteiger partial charge in [-0.05, 0) is 36.6 Å². The second kappa shape index (κ2) is 5.71. The number of carbonyl (C=O) groups excluding carboxylic acids is 1. The summed E-state index contributed by atoms with van der Waals surface area (Å²) in [6.45, 7) is 8.87. The SMILES string of the molecule is CC1c2cc(F)ccc2CCN1C(=O)c1cnc(C(C)(C)C)s1. The van der Waals surface area contributed by atoms with Crippen molar-refractivity contribution in [3.63, 3.8) is 0 Å². The first-order valence-corrected chi connectivity index (χ1v) is 8.64. The molecule has 1 aromatic carbocycles. The maximum Gasteiger partial charge on any atom is 0.266 e. The number of halogens is 1. The van der Waals surface area contributed by atoms with Gasteiger partial charge in [-0.15, -0.1) is 11.3 Å². The summed E-state index contributed by atoms with van der Waals surface area (Å²) in [6, 6.07) is 4.74. The maximum atomic E-state index is 13.5. The molecule has 0 radical (unpaired) electrons. The van der Waals surface area contributed by atoms with Gasteiger partial charge in [0.05, 0.1) is 17.2 Å². The molecule has 1 unspecified atom stereocenters. The topological polar surface area (TPSA) is 33.2 Å². The average Bonchev–Trinajstić information content (AvgIpc) is 2.97. The minimum absolute atomic E-state index is 0.0135. The molecule has 1 atom stereocenters. The Morgan fingerprint density at radius 2 is 2.13 bits per heavy atom. The van der Waals surface area contributed by atoms with E-state index in [9.17, 15) is 9.18 Å². The Morgan fingerprint density at radius 3 is 2.78 bits per heavy atom. The highest BCUT2D eigenvalue weighted by atomic mass is 32.1. The number of hydrogen-bond donors (Lipinski definition) is 0. The molecule has 0 bridgehead atoms. The highest BCUT2D eigenvalue weighted by Crippen LogP contribution is 2.33. The monoisotopic (exact) mass is 332 g/mol. The molecule has 0 fully saturated rings. The van der Waals surface area contributed by atoms with E-state index >= 15 is 0 Å². The Hall–Kier alpha value is -1.75. The van der Waals surface area contributed by atoms with Crippen molar-refractivity contribution in [3.05, 3.63) is 51.2 Å². The van der Waals surface area contributed by atoms with E-state index in [1.54, 1.807) is 12.3 Å². The summed E-state index contributed by atoms with van der Waals surface area (Å²) in [5, 5.41) is 0.956. The molecule has 1 aromatic heterocycles. The molecule has 3 rings (SSSR count). The summed E-state index contributed by atoms with van der Waals surface area (Å²) < 4.78 is 13.5.